The fourth-order valence-electron chi connectivity index (χ4n) is 1.59. The number of halogens is 1. The lowest BCUT2D eigenvalue weighted by Gasteiger charge is -2.04. The number of oxazole rings is 1. The smallest absolute Gasteiger partial charge is 0.226 e. The Morgan fingerprint density at radius 1 is 1.39 bits per heavy atom. The number of nitrogens with one attached hydrogen (secondary N) is 2. The fraction of sp³-hybridized carbons (Fsp3) is 0.200. The van der Waals surface area contributed by atoms with Crippen LogP contribution in [-0.2, 0) is 6.54 Å². The summed E-state index contributed by atoms with van der Waals surface area (Å²) in [6.45, 7) is 2.25. The van der Waals surface area contributed by atoms with Gasteiger partial charge in [-0.2, -0.15) is 9.97 Å². The van der Waals surface area contributed by atoms with Crippen LogP contribution in [0.1, 0.15) is 11.7 Å². The molecule has 0 fully saturated rings. The van der Waals surface area contributed by atoms with Crippen LogP contribution in [0.5, 0.6) is 0 Å². The normalized spacial score (nSPS) is 11.0. The summed E-state index contributed by atoms with van der Waals surface area (Å²) in [5.74, 6) is 1.92. The molecule has 2 N–H and O–H groups in total. The number of hydrogen-bond acceptors (Lipinski definition) is 6. The second-order valence-corrected chi connectivity index (χ2v) is 3.98. The van der Waals surface area contributed by atoms with Gasteiger partial charge in [0.1, 0.15) is 11.3 Å². The molecule has 0 aliphatic carbocycles. The second-order valence-electron chi connectivity index (χ2n) is 3.64. The zero-order chi connectivity index (χ0) is 12.5. The summed E-state index contributed by atoms with van der Waals surface area (Å²) in [6.07, 6.45) is 3.20. The first-order valence-electron chi connectivity index (χ1n) is 5.24. The van der Waals surface area contributed by atoms with E-state index in [-0.39, 0.29) is 5.28 Å². The van der Waals surface area contributed by atoms with Crippen molar-refractivity contribution in [2.75, 3.05) is 5.32 Å². The number of imidazole rings is 1. The molecule has 0 atom stereocenters. The maximum Gasteiger partial charge on any atom is 0.226 e. The average molecular weight is 265 g/mol. The molecule has 3 heterocycles. The molecule has 0 bridgehead atoms. The molecular weight excluding hydrogens is 256 g/mol. The summed E-state index contributed by atoms with van der Waals surface area (Å²) in [6, 6.07) is 0. The highest BCUT2D eigenvalue weighted by atomic mass is 35.5. The van der Waals surface area contributed by atoms with Gasteiger partial charge in [0.2, 0.25) is 5.28 Å². The number of nitrogens with zero attached hydrogens (tertiary/aromatic N) is 4. The minimum Gasteiger partial charge on any atom is -0.444 e. The fourth-order valence-corrected chi connectivity index (χ4v) is 1.76. The van der Waals surface area contributed by atoms with Gasteiger partial charge in [-0.05, 0) is 11.6 Å². The molecule has 18 heavy (non-hydrogen) atoms. The van der Waals surface area contributed by atoms with E-state index in [0.29, 0.717) is 29.4 Å². The van der Waals surface area contributed by atoms with Crippen LogP contribution in [0.4, 0.5) is 5.82 Å². The predicted molar refractivity (Wildman–Crippen MR) is 65.3 cm³/mol. The van der Waals surface area contributed by atoms with Crippen LogP contribution in [0, 0.1) is 6.92 Å². The summed E-state index contributed by atoms with van der Waals surface area (Å²) in [5.41, 5.74) is 1.22. The van der Waals surface area contributed by atoms with E-state index in [1.54, 1.807) is 19.4 Å². The first-order chi connectivity index (χ1) is 8.72. The molecule has 0 unspecified atom stereocenters. The number of rotatable bonds is 3. The minimum absolute atomic E-state index is 0.144. The molecule has 0 saturated heterocycles. The number of fused-ring (bicyclic) bond motifs is 1. The van der Waals surface area contributed by atoms with Crippen molar-refractivity contribution in [3.05, 3.63) is 29.5 Å². The standard InChI is InChI=1S/C10H9ClN6O/c1-5-12-2-6(18-5)3-13-8-7-9(15-4-14-7)17-10(11)16-8/h2,4H,3H2,1H3,(H2,13,14,15,16,17). The third kappa shape index (κ3) is 2.00. The zero-order valence-electron chi connectivity index (χ0n) is 9.44. The third-order valence-electron chi connectivity index (χ3n) is 2.36. The summed E-state index contributed by atoms with van der Waals surface area (Å²) >= 11 is 5.81. The topological polar surface area (TPSA) is 92.5 Å². The number of aromatic amines is 1. The molecule has 3 aromatic rings. The van der Waals surface area contributed by atoms with Crippen LogP contribution in [0.2, 0.25) is 5.28 Å². The zero-order valence-corrected chi connectivity index (χ0v) is 10.2. The van der Waals surface area contributed by atoms with Gasteiger partial charge >= 0.3 is 0 Å². The Kier molecular flexibility index (Phi) is 2.60. The summed E-state index contributed by atoms with van der Waals surface area (Å²) in [7, 11) is 0. The van der Waals surface area contributed by atoms with Gasteiger partial charge in [-0.1, -0.05) is 0 Å². The van der Waals surface area contributed by atoms with Crippen LogP contribution < -0.4 is 5.32 Å². The van der Waals surface area contributed by atoms with Crippen LogP contribution in [0.3, 0.4) is 0 Å². The van der Waals surface area contributed by atoms with Gasteiger partial charge in [0.15, 0.2) is 17.4 Å². The van der Waals surface area contributed by atoms with Gasteiger partial charge in [0, 0.05) is 6.92 Å². The molecule has 3 aromatic heterocycles. The van der Waals surface area contributed by atoms with Crippen molar-refractivity contribution in [2.45, 2.75) is 13.5 Å². The number of aromatic nitrogens is 5. The van der Waals surface area contributed by atoms with E-state index in [1.165, 1.54) is 0 Å². The lowest BCUT2D eigenvalue weighted by atomic mass is 10.4. The number of aryl methyl sites for hydroxylation is 1. The molecule has 0 spiro atoms. The molecule has 92 valence electrons. The lowest BCUT2D eigenvalue weighted by molar-refractivity contribution is 0.481. The second kappa shape index (κ2) is 4.26. The monoisotopic (exact) mass is 264 g/mol. The van der Waals surface area contributed by atoms with E-state index < -0.39 is 0 Å². The van der Waals surface area contributed by atoms with E-state index in [9.17, 15) is 0 Å². The summed E-state index contributed by atoms with van der Waals surface area (Å²) in [4.78, 5) is 19.1. The third-order valence-corrected chi connectivity index (χ3v) is 2.53. The molecule has 0 saturated carbocycles. The maximum absolute atomic E-state index is 5.81. The summed E-state index contributed by atoms with van der Waals surface area (Å²) in [5, 5.41) is 3.25. The highest BCUT2D eigenvalue weighted by Crippen LogP contribution is 2.19. The van der Waals surface area contributed by atoms with Gasteiger partial charge in [0.05, 0.1) is 19.1 Å². The molecule has 3 rings (SSSR count). The van der Waals surface area contributed by atoms with Crippen molar-refractivity contribution < 1.29 is 4.42 Å². The van der Waals surface area contributed by atoms with Crippen LogP contribution in [0.25, 0.3) is 11.2 Å². The molecule has 0 aromatic carbocycles. The number of anilines is 1. The molecule has 0 amide bonds. The first-order valence-corrected chi connectivity index (χ1v) is 5.62. The maximum atomic E-state index is 5.81. The van der Waals surface area contributed by atoms with Gasteiger partial charge < -0.3 is 14.7 Å². The Morgan fingerprint density at radius 2 is 2.28 bits per heavy atom. The number of hydrogen-bond donors (Lipinski definition) is 2. The van der Waals surface area contributed by atoms with Crippen molar-refractivity contribution in [1.82, 2.24) is 24.9 Å². The van der Waals surface area contributed by atoms with Crippen molar-refractivity contribution >= 4 is 28.6 Å². The van der Waals surface area contributed by atoms with Crippen LogP contribution in [-0.4, -0.2) is 24.9 Å². The molecular formula is C10H9ClN6O. The van der Waals surface area contributed by atoms with Crippen LogP contribution in [0.15, 0.2) is 16.9 Å². The number of H-pyrrole nitrogens is 1. The molecule has 0 aliphatic heterocycles. The van der Waals surface area contributed by atoms with Gasteiger partial charge in [-0.3, -0.25) is 0 Å². The van der Waals surface area contributed by atoms with Gasteiger partial charge in [0.25, 0.3) is 0 Å². The SMILES string of the molecule is Cc1ncc(CNc2nc(Cl)nc3nc[nH]c23)o1. The van der Waals surface area contributed by atoms with Gasteiger partial charge in [-0.15, -0.1) is 0 Å². The molecule has 7 nitrogen and oxygen atoms in total. The minimum atomic E-state index is 0.144. The van der Waals surface area contributed by atoms with Crippen LogP contribution >= 0.6 is 11.6 Å². The Labute approximate surface area is 107 Å². The highest BCUT2D eigenvalue weighted by Gasteiger charge is 2.09. The first kappa shape index (κ1) is 11.0. The largest absolute Gasteiger partial charge is 0.444 e. The average Bonchev–Trinajstić information content (AvgIpc) is 2.94. The van der Waals surface area contributed by atoms with Crippen molar-refractivity contribution in [2.24, 2.45) is 0 Å². The van der Waals surface area contributed by atoms with E-state index in [1.807, 2.05) is 0 Å². The Hall–Kier alpha value is -2.15. The molecule has 0 radical (unpaired) electrons. The Bertz CT molecular complexity index is 691. The van der Waals surface area contributed by atoms with Crippen molar-refractivity contribution in [3.8, 4) is 0 Å². The van der Waals surface area contributed by atoms with E-state index >= 15 is 0 Å². The molecule has 0 aliphatic rings. The summed E-state index contributed by atoms with van der Waals surface area (Å²) < 4.78 is 5.35. The van der Waals surface area contributed by atoms with E-state index in [0.717, 1.165) is 5.76 Å². The van der Waals surface area contributed by atoms with Crippen molar-refractivity contribution in [3.63, 3.8) is 0 Å². The Balaban J connectivity index is 1.87. The van der Waals surface area contributed by atoms with Crippen molar-refractivity contribution in [1.29, 1.82) is 0 Å². The van der Waals surface area contributed by atoms with Gasteiger partial charge in [-0.25, -0.2) is 9.97 Å². The highest BCUT2D eigenvalue weighted by molar-refractivity contribution is 6.28. The molecule has 8 heteroatoms. The quantitative estimate of drug-likeness (QED) is 0.702. The van der Waals surface area contributed by atoms with E-state index in [2.05, 4.69) is 30.2 Å². The lowest BCUT2D eigenvalue weighted by Crippen LogP contribution is -2.02. The Morgan fingerprint density at radius 3 is 3.06 bits per heavy atom. The predicted octanol–water partition coefficient (Wildman–Crippen LogP) is 1.91. The van der Waals surface area contributed by atoms with E-state index in [4.69, 9.17) is 16.0 Å².